The van der Waals surface area contributed by atoms with Crippen molar-refractivity contribution in [3.8, 4) is 0 Å². The van der Waals surface area contributed by atoms with E-state index in [1.807, 2.05) is 24.3 Å². The summed E-state index contributed by atoms with van der Waals surface area (Å²) in [6, 6.07) is 28.6. The Labute approximate surface area is 188 Å². The first-order valence-electron chi connectivity index (χ1n) is 9.59. The van der Waals surface area contributed by atoms with Gasteiger partial charge < -0.3 is 45.9 Å². The Morgan fingerprint density at radius 1 is 0.250 bits per heavy atom. The molecule has 168 valence electrons. The van der Waals surface area contributed by atoms with Crippen LogP contribution in [0.4, 0.5) is 45.5 Å². The minimum absolute atomic E-state index is 0.713. The van der Waals surface area contributed by atoms with Gasteiger partial charge in [0, 0.05) is 45.5 Å². The molecule has 0 atom stereocenters. The average molecular weight is 433 g/mol. The standard InChI is InChI=1S/4C6H8N2/c4*7-5-2-1-3-6(8)4-5/h4*1-4H,7-8H2. The minimum atomic E-state index is 0.713. The highest BCUT2D eigenvalue weighted by Crippen LogP contribution is 2.08. The fraction of sp³-hybridized carbons (Fsp3) is 0. The summed E-state index contributed by atoms with van der Waals surface area (Å²) < 4.78 is 0. The van der Waals surface area contributed by atoms with Gasteiger partial charge in [-0.3, -0.25) is 0 Å². The lowest BCUT2D eigenvalue weighted by molar-refractivity contribution is 1.67. The highest BCUT2D eigenvalue weighted by atomic mass is 14.6. The van der Waals surface area contributed by atoms with Crippen LogP contribution in [0.5, 0.6) is 0 Å². The van der Waals surface area contributed by atoms with E-state index in [2.05, 4.69) is 0 Å². The molecule has 16 N–H and O–H groups in total. The summed E-state index contributed by atoms with van der Waals surface area (Å²) >= 11 is 0. The summed E-state index contributed by atoms with van der Waals surface area (Å²) in [7, 11) is 0. The van der Waals surface area contributed by atoms with Crippen molar-refractivity contribution in [2.45, 2.75) is 0 Å². The third-order valence-corrected chi connectivity index (χ3v) is 3.64. The lowest BCUT2D eigenvalue weighted by atomic mass is 10.3. The predicted molar refractivity (Wildman–Crippen MR) is 141 cm³/mol. The van der Waals surface area contributed by atoms with E-state index in [1.54, 1.807) is 72.8 Å². The molecule has 4 aromatic rings. The molecule has 0 unspecified atom stereocenters. The van der Waals surface area contributed by atoms with Crippen LogP contribution in [-0.2, 0) is 0 Å². The van der Waals surface area contributed by atoms with Gasteiger partial charge in [0.1, 0.15) is 0 Å². The van der Waals surface area contributed by atoms with E-state index >= 15 is 0 Å². The zero-order chi connectivity index (χ0) is 23.9. The monoisotopic (exact) mass is 432 g/mol. The van der Waals surface area contributed by atoms with Gasteiger partial charge >= 0.3 is 0 Å². The van der Waals surface area contributed by atoms with Gasteiger partial charge in [-0.2, -0.15) is 0 Å². The van der Waals surface area contributed by atoms with Crippen LogP contribution in [0.1, 0.15) is 0 Å². The Hall–Kier alpha value is -4.72. The van der Waals surface area contributed by atoms with Crippen molar-refractivity contribution in [1.29, 1.82) is 0 Å². The van der Waals surface area contributed by atoms with Crippen LogP contribution in [0, 0.1) is 0 Å². The molecule has 4 rings (SSSR count). The SMILES string of the molecule is Nc1cccc(N)c1.Nc1cccc(N)c1.Nc1cccc(N)c1.Nc1cccc(N)c1. The van der Waals surface area contributed by atoms with Crippen LogP contribution in [0.25, 0.3) is 0 Å². The van der Waals surface area contributed by atoms with Gasteiger partial charge in [-0.05, 0) is 72.8 Å². The largest absolute Gasteiger partial charge is 0.399 e. The zero-order valence-corrected chi connectivity index (χ0v) is 17.9. The first-order valence-corrected chi connectivity index (χ1v) is 9.59. The molecule has 0 fully saturated rings. The first kappa shape index (κ1) is 25.3. The molecular formula is C24H32N8. The summed E-state index contributed by atoms with van der Waals surface area (Å²) in [6.07, 6.45) is 0. The smallest absolute Gasteiger partial charge is 0.0334 e. The molecule has 8 heteroatoms. The van der Waals surface area contributed by atoms with Crippen LogP contribution >= 0.6 is 0 Å². The molecule has 0 bridgehead atoms. The molecule has 0 spiro atoms. The molecule has 0 amide bonds. The number of nitrogen functional groups attached to an aromatic ring is 8. The fourth-order valence-corrected chi connectivity index (χ4v) is 2.24. The zero-order valence-electron chi connectivity index (χ0n) is 17.9. The molecule has 4 aromatic carbocycles. The van der Waals surface area contributed by atoms with Gasteiger partial charge in [0.05, 0.1) is 0 Å². The van der Waals surface area contributed by atoms with E-state index in [0.29, 0.717) is 45.5 Å². The van der Waals surface area contributed by atoms with Gasteiger partial charge in [-0.25, -0.2) is 0 Å². The highest BCUT2D eigenvalue weighted by molar-refractivity contribution is 5.52. The molecule has 0 aliphatic heterocycles. The van der Waals surface area contributed by atoms with Crippen LogP contribution < -0.4 is 45.9 Å². The molecule has 0 aliphatic carbocycles. The molecule has 0 aromatic heterocycles. The van der Waals surface area contributed by atoms with E-state index in [1.165, 1.54) is 0 Å². The van der Waals surface area contributed by atoms with E-state index in [0.717, 1.165) is 0 Å². The minimum Gasteiger partial charge on any atom is -0.399 e. The van der Waals surface area contributed by atoms with E-state index < -0.39 is 0 Å². The van der Waals surface area contributed by atoms with E-state index in [9.17, 15) is 0 Å². The number of hydrogen-bond donors (Lipinski definition) is 8. The normalized spacial score (nSPS) is 9.00. The lowest BCUT2D eigenvalue weighted by Gasteiger charge is -1.91. The lowest BCUT2D eigenvalue weighted by Crippen LogP contribution is -1.87. The molecule has 0 saturated heterocycles. The summed E-state index contributed by atoms with van der Waals surface area (Å²) in [5.41, 5.74) is 48.7. The van der Waals surface area contributed by atoms with Crippen molar-refractivity contribution in [3.63, 3.8) is 0 Å². The second kappa shape index (κ2) is 13.5. The third kappa shape index (κ3) is 12.0. The number of anilines is 8. The molecular weight excluding hydrogens is 400 g/mol. The molecule has 0 heterocycles. The Kier molecular flexibility index (Phi) is 10.7. The summed E-state index contributed by atoms with van der Waals surface area (Å²) in [5.74, 6) is 0. The maximum Gasteiger partial charge on any atom is 0.0334 e. The fourth-order valence-electron chi connectivity index (χ4n) is 2.24. The number of rotatable bonds is 0. The number of hydrogen-bond acceptors (Lipinski definition) is 8. The van der Waals surface area contributed by atoms with Crippen molar-refractivity contribution in [2.75, 3.05) is 45.9 Å². The van der Waals surface area contributed by atoms with Crippen LogP contribution in [-0.4, -0.2) is 0 Å². The summed E-state index contributed by atoms with van der Waals surface area (Å²) in [4.78, 5) is 0. The summed E-state index contributed by atoms with van der Waals surface area (Å²) in [6.45, 7) is 0. The third-order valence-electron chi connectivity index (χ3n) is 3.64. The van der Waals surface area contributed by atoms with Gasteiger partial charge in [0.15, 0.2) is 0 Å². The van der Waals surface area contributed by atoms with E-state index in [4.69, 9.17) is 45.9 Å². The van der Waals surface area contributed by atoms with Crippen molar-refractivity contribution in [2.24, 2.45) is 0 Å². The maximum atomic E-state index is 5.38. The molecule has 8 nitrogen and oxygen atoms in total. The summed E-state index contributed by atoms with van der Waals surface area (Å²) in [5, 5.41) is 0. The van der Waals surface area contributed by atoms with Crippen LogP contribution in [0.15, 0.2) is 97.1 Å². The van der Waals surface area contributed by atoms with Gasteiger partial charge in [0.2, 0.25) is 0 Å². The highest BCUT2D eigenvalue weighted by Gasteiger charge is 1.83. The molecule has 32 heavy (non-hydrogen) atoms. The number of nitrogens with two attached hydrogens (primary N) is 8. The Morgan fingerprint density at radius 3 is 0.438 bits per heavy atom. The van der Waals surface area contributed by atoms with Crippen LogP contribution in [0.3, 0.4) is 0 Å². The van der Waals surface area contributed by atoms with Gasteiger partial charge in [-0.1, -0.05) is 24.3 Å². The quantitative estimate of drug-likeness (QED) is 0.192. The first-order chi connectivity index (χ1) is 15.2. The van der Waals surface area contributed by atoms with Gasteiger partial charge in [0.25, 0.3) is 0 Å². The second-order valence-electron chi connectivity index (χ2n) is 6.68. The second-order valence-corrected chi connectivity index (χ2v) is 6.68. The Bertz CT molecular complexity index is 840. The van der Waals surface area contributed by atoms with Crippen molar-refractivity contribution < 1.29 is 0 Å². The van der Waals surface area contributed by atoms with E-state index in [-0.39, 0.29) is 0 Å². The molecule has 0 saturated carbocycles. The Balaban J connectivity index is 0.000000213. The van der Waals surface area contributed by atoms with Crippen molar-refractivity contribution in [3.05, 3.63) is 97.1 Å². The van der Waals surface area contributed by atoms with Crippen molar-refractivity contribution >= 4 is 45.5 Å². The average Bonchev–Trinajstić information content (AvgIpc) is 2.69. The van der Waals surface area contributed by atoms with Crippen molar-refractivity contribution in [1.82, 2.24) is 0 Å². The maximum absolute atomic E-state index is 5.38. The Morgan fingerprint density at radius 2 is 0.375 bits per heavy atom. The molecule has 0 radical (unpaired) electrons. The van der Waals surface area contributed by atoms with Crippen LogP contribution in [0.2, 0.25) is 0 Å². The van der Waals surface area contributed by atoms with Gasteiger partial charge in [-0.15, -0.1) is 0 Å². The topological polar surface area (TPSA) is 208 Å². The predicted octanol–water partition coefficient (Wildman–Crippen LogP) is 3.40. The molecule has 0 aliphatic rings. The number of benzene rings is 4.